The SMILES string of the molecule is COc1cc(-c2oc3cc(O)cc(O)c3c(=O)c2OC2OC(COC3OC(C)C(OC4OCC(O)C(O)C4O)C(O)C3O)C(O)C(O)C2O)ccc1O. The fourth-order valence-corrected chi connectivity index (χ4v) is 6.23. The van der Waals surface area contributed by atoms with Gasteiger partial charge in [-0.1, -0.05) is 0 Å². The number of methoxy groups -OCH3 is 1. The number of hydrogen-bond donors (Lipinski definition) is 11. The third-order valence-corrected chi connectivity index (χ3v) is 9.21. The Morgan fingerprint density at radius 2 is 1.47 bits per heavy atom. The number of fused-ring (bicyclic) bond motifs is 1. The number of ether oxygens (including phenoxy) is 7. The van der Waals surface area contributed by atoms with Crippen LogP contribution in [0, 0.1) is 0 Å². The van der Waals surface area contributed by atoms with Crippen LogP contribution in [0.1, 0.15) is 6.92 Å². The zero-order valence-corrected chi connectivity index (χ0v) is 28.0. The molecular formula is C33H40O20. The van der Waals surface area contributed by atoms with Gasteiger partial charge in [-0.15, -0.1) is 0 Å². The molecule has 1 aromatic heterocycles. The molecule has 0 amide bonds. The van der Waals surface area contributed by atoms with Crippen LogP contribution >= 0.6 is 0 Å². The molecule has 11 N–H and O–H groups in total. The molecule has 0 aliphatic carbocycles. The van der Waals surface area contributed by atoms with E-state index in [1.165, 1.54) is 32.2 Å². The van der Waals surface area contributed by atoms with Crippen molar-refractivity contribution in [3.8, 4) is 40.1 Å². The largest absolute Gasteiger partial charge is 0.508 e. The Kier molecular flexibility index (Phi) is 11.3. The first kappa shape index (κ1) is 38.8. The molecule has 0 radical (unpaired) electrons. The van der Waals surface area contributed by atoms with E-state index in [-0.39, 0.29) is 35.0 Å². The first-order chi connectivity index (χ1) is 25.1. The molecule has 292 valence electrons. The molecule has 3 aromatic rings. The third kappa shape index (κ3) is 7.47. The second-order valence-electron chi connectivity index (χ2n) is 12.8. The smallest absolute Gasteiger partial charge is 0.239 e. The van der Waals surface area contributed by atoms with E-state index in [0.29, 0.717) is 0 Å². The molecule has 14 unspecified atom stereocenters. The minimum atomic E-state index is -2.00. The number of phenols is 3. The highest BCUT2D eigenvalue weighted by Gasteiger charge is 2.50. The minimum absolute atomic E-state index is 0.0392. The lowest BCUT2D eigenvalue weighted by atomic mass is 9.98. The van der Waals surface area contributed by atoms with Crippen LogP contribution in [-0.2, 0) is 23.7 Å². The van der Waals surface area contributed by atoms with Gasteiger partial charge in [-0.3, -0.25) is 4.79 Å². The minimum Gasteiger partial charge on any atom is -0.508 e. The van der Waals surface area contributed by atoms with Crippen molar-refractivity contribution in [3.05, 3.63) is 40.6 Å². The quantitative estimate of drug-likeness (QED) is 0.104. The van der Waals surface area contributed by atoms with E-state index in [4.69, 9.17) is 37.6 Å². The van der Waals surface area contributed by atoms with Crippen LogP contribution in [-0.4, -0.2) is 163 Å². The average Bonchev–Trinajstić information content (AvgIpc) is 3.12. The first-order valence-corrected chi connectivity index (χ1v) is 16.3. The van der Waals surface area contributed by atoms with Gasteiger partial charge >= 0.3 is 0 Å². The van der Waals surface area contributed by atoms with E-state index >= 15 is 0 Å². The highest BCUT2D eigenvalue weighted by molar-refractivity contribution is 5.88. The highest BCUT2D eigenvalue weighted by Crippen LogP contribution is 2.40. The summed E-state index contributed by atoms with van der Waals surface area (Å²) in [5.41, 5.74) is -1.20. The summed E-state index contributed by atoms with van der Waals surface area (Å²) in [6, 6.07) is 5.75. The van der Waals surface area contributed by atoms with E-state index in [0.717, 1.165) is 12.1 Å². The number of aromatic hydroxyl groups is 3. The maximum absolute atomic E-state index is 13.8. The second-order valence-corrected chi connectivity index (χ2v) is 12.8. The molecule has 4 heterocycles. The Bertz CT molecular complexity index is 1820. The number of phenolic OH excluding ortho intramolecular Hbond substituents is 3. The Morgan fingerprint density at radius 1 is 0.774 bits per heavy atom. The predicted octanol–water partition coefficient (Wildman–Crippen LogP) is -2.92. The molecule has 0 saturated carbocycles. The normalized spacial score (nSPS) is 36.3. The van der Waals surface area contributed by atoms with Gasteiger partial charge in [0.25, 0.3) is 0 Å². The number of aliphatic hydroxyl groups excluding tert-OH is 8. The van der Waals surface area contributed by atoms with Crippen molar-refractivity contribution in [1.29, 1.82) is 0 Å². The van der Waals surface area contributed by atoms with Crippen molar-refractivity contribution in [2.45, 2.75) is 92.9 Å². The maximum Gasteiger partial charge on any atom is 0.239 e. The molecule has 0 bridgehead atoms. The van der Waals surface area contributed by atoms with Crippen LogP contribution in [0.5, 0.6) is 28.7 Å². The van der Waals surface area contributed by atoms with Crippen molar-refractivity contribution < 1.29 is 93.7 Å². The maximum atomic E-state index is 13.8. The molecule has 3 saturated heterocycles. The summed E-state index contributed by atoms with van der Waals surface area (Å²) in [6.45, 7) is 0.387. The number of hydrogen-bond acceptors (Lipinski definition) is 20. The van der Waals surface area contributed by atoms with Crippen molar-refractivity contribution in [3.63, 3.8) is 0 Å². The summed E-state index contributed by atoms with van der Waals surface area (Å²) < 4.78 is 44.6. The third-order valence-electron chi connectivity index (χ3n) is 9.21. The molecule has 14 atom stereocenters. The summed E-state index contributed by atoms with van der Waals surface area (Å²) in [4.78, 5) is 13.8. The summed E-state index contributed by atoms with van der Waals surface area (Å²) in [5, 5.41) is 114. The standard InChI is InChI=1S/C33H40O20/c1-10-28(52-32-25(43)20(38)15(37)8-47-32)24(42)27(45)31(49-10)48-9-18-21(39)23(41)26(44)33(51-18)53-30-22(40)19-14(36)6-12(34)7-17(19)50-29(30)11-3-4-13(35)16(5-11)46-2/h3-7,10,15,18,20-21,23-28,31-39,41-45H,8-9H2,1-2H3. The van der Waals surface area contributed by atoms with Crippen LogP contribution in [0.3, 0.4) is 0 Å². The van der Waals surface area contributed by atoms with Gasteiger partial charge < -0.3 is 93.7 Å². The molecule has 3 aliphatic heterocycles. The van der Waals surface area contributed by atoms with E-state index in [1.807, 2.05) is 0 Å². The average molecular weight is 757 g/mol. The second kappa shape index (κ2) is 15.5. The Balaban J connectivity index is 1.21. The Hall–Kier alpha value is -3.87. The van der Waals surface area contributed by atoms with Gasteiger partial charge in [0.2, 0.25) is 17.5 Å². The van der Waals surface area contributed by atoms with Crippen LogP contribution < -0.4 is 14.9 Å². The summed E-state index contributed by atoms with van der Waals surface area (Å²) in [6.07, 6.45) is -22.9. The van der Waals surface area contributed by atoms with Crippen molar-refractivity contribution in [2.24, 2.45) is 0 Å². The van der Waals surface area contributed by atoms with E-state index in [2.05, 4.69) is 0 Å². The lowest BCUT2D eigenvalue weighted by Gasteiger charge is -2.45. The topological polar surface area (TPSA) is 317 Å². The van der Waals surface area contributed by atoms with Gasteiger partial charge in [0.1, 0.15) is 83.5 Å². The number of aliphatic hydroxyl groups is 8. The van der Waals surface area contributed by atoms with E-state index in [1.54, 1.807) is 0 Å². The summed E-state index contributed by atoms with van der Waals surface area (Å²) in [5.74, 6) is -2.44. The molecule has 3 aliphatic rings. The van der Waals surface area contributed by atoms with Crippen LogP contribution in [0.15, 0.2) is 39.5 Å². The van der Waals surface area contributed by atoms with E-state index in [9.17, 15) is 61.0 Å². The number of rotatable bonds is 9. The van der Waals surface area contributed by atoms with Gasteiger partial charge in [0, 0.05) is 17.7 Å². The van der Waals surface area contributed by atoms with Crippen molar-refractivity contribution >= 4 is 11.0 Å². The molecule has 3 fully saturated rings. The lowest BCUT2D eigenvalue weighted by Crippen LogP contribution is -2.63. The molecule has 53 heavy (non-hydrogen) atoms. The first-order valence-electron chi connectivity index (χ1n) is 16.3. The molecular weight excluding hydrogens is 716 g/mol. The Morgan fingerprint density at radius 3 is 2.19 bits per heavy atom. The highest BCUT2D eigenvalue weighted by atomic mass is 16.7. The van der Waals surface area contributed by atoms with Gasteiger partial charge in [0.05, 0.1) is 26.4 Å². The van der Waals surface area contributed by atoms with Crippen LogP contribution in [0.2, 0.25) is 0 Å². The molecule has 2 aromatic carbocycles. The van der Waals surface area contributed by atoms with Gasteiger partial charge in [-0.2, -0.15) is 0 Å². The van der Waals surface area contributed by atoms with Crippen LogP contribution in [0.25, 0.3) is 22.3 Å². The van der Waals surface area contributed by atoms with Crippen molar-refractivity contribution in [1.82, 2.24) is 0 Å². The van der Waals surface area contributed by atoms with Gasteiger partial charge in [0.15, 0.2) is 29.8 Å². The fraction of sp³-hybridized carbons (Fsp3) is 0.545. The van der Waals surface area contributed by atoms with Gasteiger partial charge in [-0.05, 0) is 25.1 Å². The summed E-state index contributed by atoms with van der Waals surface area (Å²) >= 11 is 0. The fourth-order valence-electron chi connectivity index (χ4n) is 6.23. The van der Waals surface area contributed by atoms with Crippen molar-refractivity contribution in [2.75, 3.05) is 20.3 Å². The summed E-state index contributed by atoms with van der Waals surface area (Å²) in [7, 11) is 1.27. The zero-order chi connectivity index (χ0) is 38.5. The predicted molar refractivity (Wildman–Crippen MR) is 172 cm³/mol. The molecule has 0 spiro atoms. The van der Waals surface area contributed by atoms with E-state index < -0.39 is 121 Å². The molecule has 20 heteroatoms. The van der Waals surface area contributed by atoms with Gasteiger partial charge in [-0.25, -0.2) is 0 Å². The Labute approximate surface area is 298 Å². The van der Waals surface area contributed by atoms with Crippen LogP contribution in [0.4, 0.5) is 0 Å². The molecule has 6 rings (SSSR count). The zero-order valence-electron chi connectivity index (χ0n) is 28.0. The number of benzene rings is 2. The lowest BCUT2D eigenvalue weighted by molar-refractivity contribution is -0.349. The monoisotopic (exact) mass is 756 g/mol. The molecule has 20 nitrogen and oxygen atoms in total.